The van der Waals surface area contributed by atoms with Gasteiger partial charge in [0.15, 0.2) is 0 Å². The molecule has 0 N–H and O–H groups in total. The summed E-state index contributed by atoms with van der Waals surface area (Å²) in [7, 11) is 0. The van der Waals surface area contributed by atoms with Crippen LogP contribution in [0.4, 0.5) is 0 Å². The molecule has 13 heavy (non-hydrogen) atoms. The predicted molar refractivity (Wildman–Crippen MR) is 59.7 cm³/mol. The van der Waals surface area contributed by atoms with Gasteiger partial charge in [0, 0.05) is 12.4 Å². The fourth-order valence-corrected chi connectivity index (χ4v) is 2.07. The van der Waals surface area contributed by atoms with Gasteiger partial charge in [0.1, 0.15) is 3.70 Å². The van der Waals surface area contributed by atoms with Gasteiger partial charge in [-0.1, -0.05) is 13.3 Å². The molecular formula is C9H10IN3. The molecule has 0 fully saturated rings. The van der Waals surface area contributed by atoms with Gasteiger partial charge in [0.2, 0.25) is 5.78 Å². The monoisotopic (exact) mass is 287 g/mol. The van der Waals surface area contributed by atoms with Crippen molar-refractivity contribution in [3.63, 3.8) is 0 Å². The van der Waals surface area contributed by atoms with Crippen LogP contribution in [0.1, 0.15) is 19.0 Å². The summed E-state index contributed by atoms with van der Waals surface area (Å²) in [4.78, 5) is 8.64. The topological polar surface area (TPSA) is 30.2 Å². The molecule has 0 bridgehead atoms. The molecule has 2 heterocycles. The van der Waals surface area contributed by atoms with Gasteiger partial charge in [-0.05, 0) is 35.1 Å². The van der Waals surface area contributed by atoms with Crippen LogP contribution in [0.3, 0.4) is 0 Å². The summed E-state index contributed by atoms with van der Waals surface area (Å²) < 4.78 is 3.20. The van der Waals surface area contributed by atoms with E-state index in [0.29, 0.717) is 0 Å². The number of nitrogens with zero attached hydrogens (tertiary/aromatic N) is 3. The molecule has 2 aromatic heterocycles. The Kier molecular flexibility index (Phi) is 2.48. The maximum absolute atomic E-state index is 4.45. The number of hydrogen-bond acceptors (Lipinski definition) is 2. The second-order valence-electron chi connectivity index (χ2n) is 2.89. The van der Waals surface area contributed by atoms with Crippen LogP contribution in [0.15, 0.2) is 18.5 Å². The van der Waals surface area contributed by atoms with E-state index in [9.17, 15) is 0 Å². The number of aromatic nitrogens is 3. The minimum atomic E-state index is 0.801. The van der Waals surface area contributed by atoms with Gasteiger partial charge in [-0.15, -0.1) is 0 Å². The standard InChI is InChI=1S/C9H10IN3/c1-2-4-7-8(10)13-6-3-5-11-9(13)12-7/h3,5-6H,2,4H2,1H3. The summed E-state index contributed by atoms with van der Waals surface area (Å²) in [6.45, 7) is 2.16. The average molecular weight is 287 g/mol. The molecule has 2 rings (SSSR count). The number of hydrogen-bond donors (Lipinski definition) is 0. The highest BCUT2D eigenvalue weighted by Crippen LogP contribution is 2.14. The molecule has 3 nitrogen and oxygen atoms in total. The molecule has 0 aliphatic rings. The summed E-state index contributed by atoms with van der Waals surface area (Å²) in [6.07, 6.45) is 5.92. The molecule has 0 aromatic carbocycles. The smallest absolute Gasteiger partial charge is 0.234 e. The van der Waals surface area contributed by atoms with E-state index in [-0.39, 0.29) is 0 Å². The molecule has 0 atom stereocenters. The van der Waals surface area contributed by atoms with Crippen LogP contribution in [0.25, 0.3) is 5.78 Å². The fraction of sp³-hybridized carbons (Fsp3) is 0.333. The average Bonchev–Trinajstić information content (AvgIpc) is 2.46. The molecule has 0 aliphatic carbocycles. The number of aryl methyl sites for hydroxylation is 1. The molecule has 0 aliphatic heterocycles. The molecule has 0 saturated carbocycles. The van der Waals surface area contributed by atoms with Crippen molar-refractivity contribution >= 4 is 28.4 Å². The lowest BCUT2D eigenvalue weighted by Gasteiger charge is -1.93. The first kappa shape index (κ1) is 8.93. The SMILES string of the molecule is CCCc1nc2ncccn2c1I. The maximum Gasteiger partial charge on any atom is 0.234 e. The van der Waals surface area contributed by atoms with Crippen molar-refractivity contribution in [1.29, 1.82) is 0 Å². The lowest BCUT2D eigenvalue weighted by atomic mass is 10.3. The Morgan fingerprint density at radius 1 is 1.54 bits per heavy atom. The first-order chi connectivity index (χ1) is 6.33. The van der Waals surface area contributed by atoms with E-state index in [0.717, 1.165) is 24.3 Å². The molecule has 0 saturated heterocycles. The molecule has 0 unspecified atom stereocenters. The third kappa shape index (κ3) is 1.54. The van der Waals surface area contributed by atoms with Crippen molar-refractivity contribution in [1.82, 2.24) is 14.4 Å². The highest BCUT2D eigenvalue weighted by molar-refractivity contribution is 14.1. The van der Waals surface area contributed by atoms with Crippen LogP contribution in [-0.2, 0) is 6.42 Å². The van der Waals surface area contributed by atoms with Crippen molar-refractivity contribution in [2.24, 2.45) is 0 Å². The van der Waals surface area contributed by atoms with Crippen LogP contribution in [0, 0.1) is 3.70 Å². The summed E-state index contributed by atoms with van der Waals surface area (Å²) in [5.74, 6) is 0.801. The second kappa shape index (κ2) is 3.61. The zero-order chi connectivity index (χ0) is 9.26. The van der Waals surface area contributed by atoms with E-state index < -0.39 is 0 Å². The Balaban J connectivity index is 2.60. The summed E-state index contributed by atoms with van der Waals surface area (Å²) in [5, 5.41) is 0. The first-order valence-electron chi connectivity index (χ1n) is 4.30. The van der Waals surface area contributed by atoms with E-state index in [2.05, 4.69) is 39.5 Å². The number of rotatable bonds is 2. The lowest BCUT2D eigenvalue weighted by Crippen LogP contribution is -1.89. The minimum absolute atomic E-state index is 0.801. The van der Waals surface area contributed by atoms with E-state index in [1.807, 2.05) is 16.7 Å². The van der Waals surface area contributed by atoms with Crippen molar-refractivity contribution in [2.45, 2.75) is 19.8 Å². The molecular weight excluding hydrogens is 277 g/mol. The van der Waals surface area contributed by atoms with Crippen LogP contribution in [0.5, 0.6) is 0 Å². The molecule has 0 spiro atoms. The zero-order valence-electron chi connectivity index (χ0n) is 7.37. The zero-order valence-corrected chi connectivity index (χ0v) is 9.52. The normalized spacial score (nSPS) is 10.9. The van der Waals surface area contributed by atoms with Gasteiger partial charge in [0.25, 0.3) is 0 Å². The number of fused-ring (bicyclic) bond motifs is 1. The fourth-order valence-electron chi connectivity index (χ4n) is 1.30. The second-order valence-corrected chi connectivity index (χ2v) is 3.91. The Hall–Kier alpha value is -0.650. The Morgan fingerprint density at radius 3 is 3.08 bits per heavy atom. The van der Waals surface area contributed by atoms with Crippen LogP contribution >= 0.6 is 22.6 Å². The van der Waals surface area contributed by atoms with Crippen molar-refractivity contribution < 1.29 is 0 Å². The lowest BCUT2D eigenvalue weighted by molar-refractivity contribution is 0.885. The predicted octanol–water partition coefficient (Wildman–Crippen LogP) is 2.29. The van der Waals surface area contributed by atoms with E-state index >= 15 is 0 Å². The molecule has 2 aromatic rings. The van der Waals surface area contributed by atoms with Gasteiger partial charge in [-0.25, -0.2) is 9.97 Å². The highest BCUT2D eigenvalue weighted by atomic mass is 127. The van der Waals surface area contributed by atoms with E-state index in [1.165, 1.54) is 3.70 Å². The van der Waals surface area contributed by atoms with E-state index in [4.69, 9.17) is 0 Å². The molecule has 68 valence electrons. The largest absolute Gasteiger partial charge is 0.278 e. The summed E-state index contributed by atoms with van der Waals surface area (Å²) in [6, 6.07) is 1.92. The Bertz CT molecular complexity index is 422. The van der Waals surface area contributed by atoms with Crippen molar-refractivity contribution in [2.75, 3.05) is 0 Å². The molecule has 4 heteroatoms. The number of halogens is 1. The molecule has 0 amide bonds. The highest BCUT2D eigenvalue weighted by Gasteiger charge is 2.07. The van der Waals surface area contributed by atoms with Crippen LogP contribution < -0.4 is 0 Å². The third-order valence-corrected chi connectivity index (χ3v) is 3.04. The Morgan fingerprint density at radius 2 is 2.38 bits per heavy atom. The first-order valence-corrected chi connectivity index (χ1v) is 5.38. The van der Waals surface area contributed by atoms with Crippen LogP contribution in [-0.4, -0.2) is 14.4 Å². The third-order valence-electron chi connectivity index (χ3n) is 1.90. The number of imidazole rings is 1. The summed E-state index contributed by atoms with van der Waals surface area (Å²) in [5.41, 5.74) is 1.15. The molecule has 0 radical (unpaired) electrons. The minimum Gasteiger partial charge on any atom is -0.278 e. The van der Waals surface area contributed by atoms with Gasteiger partial charge in [0.05, 0.1) is 5.69 Å². The van der Waals surface area contributed by atoms with Gasteiger partial charge in [-0.2, -0.15) is 0 Å². The van der Waals surface area contributed by atoms with Gasteiger partial charge in [-0.3, -0.25) is 4.40 Å². The van der Waals surface area contributed by atoms with Gasteiger partial charge < -0.3 is 0 Å². The van der Waals surface area contributed by atoms with Crippen LogP contribution in [0.2, 0.25) is 0 Å². The van der Waals surface area contributed by atoms with E-state index in [1.54, 1.807) is 6.20 Å². The summed E-state index contributed by atoms with van der Waals surface area (Å²) >= 11 is 2.32. The van der Waals surface area contributed by atoms with Gasteiger partial charge >= 0.3 is 0 Å². The quantitative estimate of drug-likeness (QED) is 0.793. The van der Waals surface area contributed by atoms with Crippen molar-refractivity contribution in [3.8, 4) is 0 Å². The van der Waals surface area contributed by atoms with Crippen molar-refractivity contribution in [3.05, 3.63) is 27.9 Å². The maximum atomic E-state index is 4.45. The Labute approximate surface area is 90.3 Å².